The fourth-order valence-corrected chi connectivity index (χ4v) is 1.95. The SMILES string of the molecule is CC(NC(=O)N1C(=O)C[C@H]1C(=O)O)c1ccccc1. The van der Waals surface area contributed by atoms with Gasteiger partial charge >= 0.3 is 12.0 Å². The summed E-state index contributed by atoms with van der Waals surface area (Å²) >= 11 is 0. The number of aliphatic carboxylic acids is 1. The van der Waals surface area contributed by atoms with E-state index in [4.69, 9.17) is 5.11 Å². The molecule has 0 radical (unpaired) electrons. The predicted octanol–water partition coefficient (Wildman–Crippen LogP) is 1.14. The average molecular weight is 262 g/mol. The summed E-state index contributed by atoms with van der Waals surface area (Å²) in [6.07, 6.45) is -0.123. The van der Waals surface area contributed by atoms with Crippen molar-refractivity contribution in [2.75, 3.05) is 0 Å². The van der Waals surface area contributed by atoms with Gasteiger partial charge in [-0.15, -0.1) is 0 Å². The van der Waals surface area contributed by atoms with Crippen LogP contribution in [-0.2, 0) is 9.59 Å². The molecule has 2 N–H and O–H groups in total. The van der Waals surface area contributed by atoms with Crippen LogP contribution < -0.4 is 5.32 Å². The molecule has 3 amide bonds. The minimum atomic E-state index is -1.16. The molecule has 1 aliphatic heterocycles. The van der Waals surface area contributed by atoms with Crippen LogP contribution >= 0.6 is 0 Å². The molecule has 1 saturated heterocycles. The highest BCUT2D eigenvalue weighted by Crippen LogP contribution is 2.21. The van der Waals surface area contributed by atoms with Gasteiger partial charge in [0.1, 0.15) is 6.04 Å². The van der Waals surface area contributed by atoms with Gasteiger partial charge in [0.25, 0.3) is 0 Å². The monoisotopic (exact) mass is 262 g/mol. The Kier molecular flexibility index (Phi) is 3.50. The number of carbonyl (C=O) groups excluding carboxylic acids is 2. The number of rotatable bonds is 3. The second-order valence-electron chi connectivity index (χ2n) is 4.40. The Morgan fingerprint density at radius 1 is 1.37 bits per heavy atom. The third kappa shape index (κ3) is 2.57. The van der Waals surface area contributed by atoms with E-state index in [9.17, 15) is 14.4 Å². The lowest BCUT2D eigenvalue weighted by atomic mass is 10.0. The van der Waals surface area contributed by atoms with Gasteiger partial charge in [0.2, 0.25) is 5.91 Å². The van der Waals surface area contributed by atoms with E-state index >= 15 is 0 Å². The van der Waals surface area contributed by atoms with Crippen LogP contribution in [0.2, 0.25) is 0 Å². The summed E-state index contributed by atoms with van der Waals surface area (Å²) in [7, 11) is 0. The van der Waals surface area contributed by atoms with E-state index in [0.717, 1.165) is 10.5 Å². The first kappa shape index (κ1) is 13.1. The number of nitrogens with one attached hydrogen (secondary N) is 1. The molecular weight excluding hydrogens is 248 g/mol. The van der Waals surface area contributed by atoms with Crippen LogP contribution in [-0.4, -0.2) is 34.0 Å². The molecule has 0 spiro atoms. The summed E-state index contributed by atoms with van der Waals surface area (Å²) in [6.45, 7) is 1.77. The van der Waals surface area contributed by atoms with E-state index in [1.165, 1.54) is 0 Å². The van der Waals surface area contributed by atoms with Crippen molar-refractivity contribution in [2.24, 2.45) is 0 Å². The number of benzene rings is 1. The molecule has 0 saturated carbocycles. The van der Waals surface area contributed by atoms with Crippen molar-refractivity contribution in [1.82, 2.24) is 10.2 Å². The summed E-state index contributed by atoms with van der Waals surface area (Å²) in [5, 5.41) is 11.5. The Hall–Kier alpha value is -2.37. The number of β-lactam (4-membered cyclic amide) rings is 1. The Morgan fingerprint density at radius 2 is 2.00 bits per heavy atom. The topological polar surface area (TPSA) is 86.7 Å². The molecule has 1 heterocycles. The zero-order valence-electron chi connectivity index (χ0n) is 10.4. The molecule has 1 aromatic carbocycles. The predicted molar refractivity (Wildman–Crippen MR) is 66.3 cm³/mol. The van der Waals surface area contributed by atoms with Crippen molar-refractivity contribution in [3.05, 3.63) is 35.9 Å². The molecular formula is C13H14N2O4. The Labute approximate surface area is 110 Å². The summed E-state index contributed by atoms with van der Waals surface area (Å²) in [5.74, 6) is -1.63. The van der Waals surface area contributed by atoms with Gasteiger partial charge in [0, 0.05) is 0 Å². The second kappa shape index (κ2) is 5.09. The molecule has 1 aliphatic rings. The van der Waals surface area contributed by atoms with Crippen molar-refractivity contribution in [3.8, 4) is 0 Å². The van der Waals surface area contributed by atoms with Gasteiger partial charge in [-0.3, -0.25) is 4.79 Å². The first-order chi connectivity index (χ1) is 9.00. The smallest absolute Gasteiger partial charge is 0.327 e. The largest absolute Gasteiger partial charge is 0.480 e. The first-order valence-electron chi connectivity index (χ1n) is 5.91. The van der Waals surface area contributed by atoms with Gasteiger partial charge in [0.15, 0.2) is 0 Å². The third-order valence-electron chi connectivity index (χ3n) is 3.09. The van der Waals surface area contributed by atoms with Crippen LogP contribution in [0.4, 0.5) is 4.79 Å². The molecule has 0 bridgehead atoms. The number of hydrogen-bond donors (Lipinski definition) is 2. The first-order valence-corrected chi connectivity index (χ1v) is 5.91. The second-order valence-corrected chi connectivity index (χ2v) is 4.40. The maximum Gasteiger partial charge on any atom is 0.327 e. The van der Waals surface area contributed by atoms with E-state index in [0.29, 0.717) is 0 Å². The Balaban J connectivity index is 2.01. The highest BCUT2D eigenvalue weighted by atomic mass is 16.4. The van der Waals surface area contributed by atoms with Crippen molar-refractivity contribution < 1.29 is 19.5 Å². The molecule has 100 valence electrons. The Morgan fingerprint density at radius 3 is 2.53 bits per heavy atom. The van der Waals surface area contributed by atoms with E-state index in [1.54, 1.807) is 6.92 Å². The van der Waals surface area contributed by atoms with Crippen LogP contribution in [0.1, 0.15) is 24.9 Å². The molecule has 0 aliphatic carbocycles. The number of amides is 3. The van der Waals surface area contributed by atoms with Gasteiger partial charge in [-0.1, -0.05) is 30.3 Å². The van der Waals surface area contributed by atoms with Crippen molar-refractivity contribution in [2.45, 2.75) is 25.4 Å². The lowest BCUT2D eigenvalue weighted by Crippen LogP contribution is -2.61. The van der Waals surface area contributed by atoms with Gasteiger partial charge < -0.3 is 10.4 Å². The van der Waals surface area contributed by atoms with Crippen molar-refractivity contribution >= 4 is 17.9 Å². The maximum absolute atomic E-state index is 11.9. The number of carboxylic acids is 1. The van der Waals surface area contributed by atoms with Crippen LogP contribution in [0, 0.1) is 0 Å². The number of urea groups is 1. The lowest BCUT2D eigenvalue weighted by Gasteiger charge is -2.36. The average Bonchev–Trinajstić information content (AvgIpc) is 2.36. The van der Waals surface area contributed by atoms with Crippen LogP contribution in [0.25, 0.3) is 0 Å². The quantitative estimate of drug-likeness (QED) is 0.800. The molecule has 0 aromatic heterocycles. The zero-order chi connectivity index (χ0) is 14.0. The fraction of sp³-hybridized carbons (Fsp3) is 0.308. The molecule has 19 heavy (non-hydrogen) atoms. The van der Waals surface area contributed by atoms with E-state index in [2.05, 4.69) is 5.32 Å². The Bertz CT molecular complexity index is 515. The third-order valence-corrected chi connectivity index (χ3v) is 3.09. The minimum absolute atomic E-state index is 0.123. The van der Waals surface area contributed by atoms with E-state index in [1.807, 2.05) is 30.3 Å². The molecule has 2 rings (SSSR count). The number of imide groups is 1. The van der Waals surface area contributed by atoms with Gasteiger partial charge in [-0.05, 0) is 12.5 Å². The number of likely N-dealkylation sites (tertiary alicyclic amines) is 1. The van der Waals surface area contributed by atoms with Crippen molar-refractivity contribution in [3.63, 3.8) is 0 Å². The van der Waals surface area contributed by atoms with Crippen LogP contribution in [0.3, 0.4) is 0 Å². The number of carboxylic acid groups (broad SMARTS) is 1. The summed E-state index contributed by atoms with van der Waals surface area (Å²) < 4.78 is 0. The maximum atomic E-state index is 11.9. The fourth-order valence-electron chi connectivity index (χ4n) is 1.95. The number of nitrogens with zero attached hydrogens (tertiary/aromatic N) is 1. The van der Waals surface area contributed by atoms with Gasteiger partial charge in [-0.2, -0.15) is 0 Å². The summed E-state index contributed by atoms with van der Waals surface area (Å²) in [4.78, 5) is 34.7. The summed E-state index contributed by atoms with van der Waals surface area (Å²) in [5.41, 5.74) is 0.885. The van der Waals surface area contributed by atoms with Crippen molar-refractivity contribution in [1.29, 1.82) is 0 Å². The lowest BCUT2D eigenvalue weighted by molar-refractivity contribution is -0.157. The van der Waals surface area contributed by atoms with Crippen LogP contribution in [0.5, 0.6) is 0 Å². The highest BCUT2D eigenvalue weighted by molar-refractivity contribution is 6.05. The van der Waals surface area contributed by atoms with E-state index in [-0.39, 0.29) is 12.5 Å². The number of carbonyl (C=O) groups is 3. The number of hydrogen-bond acceptors (Lipinski definition) is 3. The normalized spacial score (nSPS) is 19.5. The highest BCUT2D eigenvalue weighted by Gasteiger charge is 2.45. The molecule has 1 unspecified atom stereocenters. The van der Waals surface area contributed by atoms with Gasteiger partial charge in [0.05, 0.1) is 12.5 Å². The zero-order valence-corrected chi connectivity index (χ0v) is 10.4. The minimum Gasteiger partial charge on any atom is -0.480 e. The molecule has 1 fully saturated rings. The molecule has 1 aromatic rings. The molecule has 6 heteroatoms. The standard InChI is InChI=1S/C13H14N2O4/c1-8(9-5-3-2-4-6-9)14-13(19)15-10(12(17)18)7-11(15)16/h2-6,8,10H,7H2,1H3,(H,14,19)(H,17,18)/t8?,10-/m0/s1. The van der Waals surface area contributed by atoms with Gasteiger partial charge in [-0.25, -0.2) is 14.5 Å². The molecule has 2 atom stereocenters. The van der Waals surface area contributed by atoms with Crippen LogP contribution in [0.15, 0.2) is 30.3 Å². The van der Waals surface area contributed by atoms with E-state index < -0.39 is 23.9 Å². The summed E-state index contributed by atoms with van der Waals surface area (Å²) in [6, 6.07) is 7.22. The molecule has 6 nitrogen and oxygen atoms in total.